The monoisotopic (exact) mass is 439 g/mol. The Hall–Kier alpha value is -0.700. The van der Waals surface area contributed by atoms with Gasteiger partial charge in [-0.3, -0.25) is 4.72 Å². The molecule has 0 spiro atoms. The van der Waals surface area contributed by atoms with E-state index in [1.54, 1.807) is 6.07 Å². The lowest BCUT2D eigenvalue weighted by Gasteiger charge is -2.11. The second-order valence-corrected chi connectivity index (χ2v) is 7.55. The van der Waals surface area contributed by atoms with Gasteiger partial charge in [0.15, 0.2) is 11.0 Å². The highest BCUT2D eigenvalue weighted by Crippen LogP contribution is 2.30. The number of nitrogens with one attached hydrogen (secondary N) is 1. The van der Waals surface area contributed by atoms with Gasteiger partial charge < -0.3 is 0 Å². The summed E-state index contributed by atoms with van der Waals surface area (Å²) < 4.78 is 28.1. The van der Waals surface area contributed by atoms with Gasteiger partial charge in [-0.1, -0.05) is 27.5 Å². The van der Waals surface area contributed by atoms with Gasteiger partial charge in [-0.05, 0) is 40.5 Å². The van der Waals surface area contributed by atoms with E-state index in [1.165, 1.54) is 18.5 Å². The van der Waals surface area contributed by atoms with Gasteiger partial charge in [-0.15, -0.1) is 0 Å². The van der Waals surface area contributed by atoms with Crippen LogP contribution in [0.4, 0.5) is 5.82 Å². The Kier molecular flexibility index (Phi) is 4.68. The first kappa shape index (κ1) is 15.7. The summed E-state index contributed by atoms with van der Waals surface area (Å²) in [6.45, 7) is 1.86. The number of anilines is 1. The zero-order chi connectivity index (χ0) is 14.9. The van der Waals surface area contributed by atoms with Gasteiger partial charge in [0, 0.05) is 21.3 Å². The summed E-state index contributed by atoms with van der Waals surface area (Å²) >= 11 is 12.3. The molecule has 9 heteroatoms. The van der Waals surface area contributed by atoms with E-state index in [2.05, 4.69) is 46.5 Å². The Morgan fingerprint density at radius 3 is 2.45 bits per heavy atom. The Morgan fingerprint density at radius 2 is 1.80 bits per heavy atom. The SMILES string of the molecule is Cc1cc(Br)c(S(=O)(=O)Nc2nccnc2Cl)cc1Br. The first-order valence-corrected chi connectivity index (χ1v) is 8.71. The van der Waals surface area contributed by atoms with Crippen molar-refractivity contribution >= 4 is 59.3 Å². The molecule has 0 aliphatic rings. The van der Waals surface area contributed by atoms with E-state index in [-0.39, 0.29) is 15.9 Å². The lowest BCUT2D eigenvalue weighted by atomic mass is 10.2. The Labute approximate surface area is 138 Å². The zero-order valence-electron chi connectivity index (χ0n) is 10.1. The third kappa shape index (κ3) is 3.30. The molecular formula is C11H8Br2ClN3O2S. The summed E-state index contributed by atoms with van der Waals surface area (Å²) in [6, 6.07) is 3.21. The Morgan fingerprint density at radius 1 is 1.15 bits per heavy atom. The van der Waals surface area contributed by atoms with Gasteiger partial charge >= 0.3 is 0 Å². The number of hydrogen-bond donors (Lipinski definition) is 1. The molecule has 0 radical (unpaired) electrons. The largest absolute Gasteiger partial charge is 0.264 e. The fraction of sp³-hybridized carbons (Fsp3) is 0.0909. The summed E-state index contributed by atoms with van der Waals surface area (Å²) in [7, 11) is -3.82. The summed E-state index contributed by atoms with van der Waals surface area (Å²) in [6.07, 6.45) is 2.72. The van der Waals surface area contributed by atoms with Crippen molar-refractivity contribution in [3.05, 3.63) is 44.2 Å². The molecule has 0 unspecified atom stereocenters. The van der Waals surface area contributed by atoms with Gasteiger partial charge in [0.05, 0.1) is 0 Å². The number of aryl methyl sites for hydroxylation is 1. The molecule has 1 aromatic heterocycles. The summed E-state index contributed by atoms with van der Waals surface area (Å²) in [5.41, 5.74) is 0.911. The van der Waals surface area contributed by atoms with Crippen LogP contribution in [-0.2, 0) is 10.0 Å². The standard InChI is InChI=1S/C11H8Br2ClN3O2S/c1-6-4-8(13)9(5-7(6)12)20(18,19)17-11-10(14)15-2-3-16-11/h2-5H,1H3,(H,16,17). The Bertz CT molecular complexity index is 768. The highest BCUT2D eigenvalue weighted by Gasteiger charge is 2.21. The first-order chi connectivity index (χ1) is 9.31. The molecule has 0 saturated heterocycles. The maximum Gasteiger partial charge on any atom is 0.264 e. The van der Waals surface area contributed by atoms with E-state index >= 15 is 0 Å². The average Bonchev–Trinajstić information content (AvgIpc) is 2.36. The van der Waals surface area contributed by atoms with Gasteiger partial charge in [0.25, 0.3) is 10.0 Å². The number of rotatable bonds is 3. The molecule has 106 valence electrons. The third-order valence-electron chi connectivity index (χ3n) is 2.39. The zero-order valence-corrected chi connectivity index (χ0v) is 14.8. The van der Waals surface area contributed by atoms with Crippen molar-refractivity contribution in [2.45, 2.75) is 11.8 Å². The van der Waals surface area contributed by atoms with Crippen LogP contribution in [0.15, 0.2) is 38.4 Å². The predicted molar refractivity (Wildman–Crippen MR) is 84.4 cm³/mol. The van der Waals surface area contributed by atoms with Gasteiger partial charge in [0.2, 0.25) is 0 Å². The molecule has 2 rings (SSSR count). The van der Waals surface area contributed by atoms with Crippen LogP contribution < -0.4 is 4.72 Å². The van der Waals surface area contributed by atoms with Gasteiger partial charge in [0.1, 0.15) is 4.90 Å². The molecule has 2 aromatic rings. The molecular weight excluding hydrogens is 433 g/mol. The second kappa shape index (κ2) is 5.97. The minimum atomic E-state index is -3.82. The number of hydrogen-bond acceptors (Lipinski definition) is 4. The lowest BCUT2D eigenvalue weighted by Crippen LogP contribution is -2.15. The van der Waals surface area contributed by atoms with Crippen LogP contribution in [0, 0.1) is 6.92 Å². The molecule has 1 heterocycles. The maximum absolute atomic E-state index is 12.3. The summed E-state index contributed by atoms with van der Waals surface area (Å²) in [5, 5.41) is -0.0154. The smallest absolute Gasteiger partial charge is 0.261 e. The fourth-order valence-electron chi connectivity index (χ4n) is 1.41. The number of halogens is 3. The van der Waals surface area contributed by atoms with E-state index in [9.17, 15) is 8.42 Å². The molecule has 0 fully saturated rings. The number of benzene rings is 1. The van der Waals surface area contributed by atoms with Crippen LogP contribution >= 0.6 is 43.5 Å². The van der Waals surface area contributed by atoms with Crippen LogP contribution in [0.3, 0.4) is 0 Å². The summed E-state index contributed by atoms with van der Waals surface area (Å²) in [5.74, 6) is -0.0160. The van der Waals surface area contributed by atoms with Crippen molar-refractivity contribution in [2.24, 2.45) is 0 Å². The quantitative estimate of drug-likeness (QED) is 0.787. The number of nitrogens with zero attached hydrogens (tertiary/aromatic N) is 2. The molecule has 0 bridgehead atoms. The molecule has 0 saturated carbocycles. The highest BCUT2D eigenvalue weighted by atomic mass is 79.9. The number of sulfonamides is 1. The number of aromatic nitrogens is 2. The van der Waals surface area contributed by atoms with Crippen LogP contribution in [0.2, 0.25) is 5.15 Å². The molecule has 1 aromatic carbocycles. The van der Waals surface area contributed by atoms with Crippen molar-refractivity contribution in [1.29, 1.82) is 0 Å². The van der Waals surface area contributed by atoms with Crippen LogP contribution in [0.5, 0.6) is 0 Å². The van der Waals surface area contributed by atoms with Gasteiger partial charge in [-0.2, -0.15) is 0 Å². The van der Waals surface area contributed by atoms with Crippen molar-refractivity contribution in [3.8, 4) is 0 Å². The molecule has 0 amide bonds. The third-order valence-corrected chi connectivity index (χ3v) is 5.82. The average molecular weight is 442 g/mol. The fourth-order valence-corrected chi connectivity index (χ4v) is 4.31. The molecule has 0 aliphatic heterocycles. The molecule has 0 aliphatic carbocycles. The molecule has 20 heavy (non-hydrogen) atoms. The summed E-state index contributed by atoms with van der Waals surface area (Å²) in [4.78, 5) is 7.69. The first-order valence-electron chi connectivity index (χ1n) is 5.26. The van der Waals surface area contributed by atoms with Crippen molar-refractivity contribution < 1.29 is 8.42 Å². The van der Waals surface area contributed by atoms with E-state index in [4.69, 9.17) is 11.6 Å². The normalized spacial score (nSPS) is 11.4. The maximum atomic E-state index is 12.3. The van der Waals surface area contributed by atoms with E-state index in [1.807, 2.05) is 6.92 Å². The van der Waals surface area contributed by atoms with Crippen molar-refractivity contribution in [1.82, 2.24) is 9.97 Å². The topological polar surface area (TPSA) is 72.0 Å². The van der Waals surface area contributed by atoms with Crippen LogP contribution in [-0.4, -0.2) is 18.4 Å². The van der Waals surface area contributed by atoms with E-state index in [0.717, 1.165) is 5.56 Å². The van der Waals surface area contributed by atoms with Crippen LogP contribution in [0.1, 0.15) is 5.56 Å². The minimum absolute atomic E-state index is 0.0154. The Balaban J connectivity index is 2.47. The van der Waals surface area contributed by atoms with Crippen molar-refractivity contribution in [2.75, 3.05) is 4.72 Å². The predicted octanol–water partition coefficient (Wildman–Crippen LogP) is 3.76. The van der Waals surface area contributed by atoms with Gasteiger partial charge in [-0.25, -0.2) is 18.4 Å². The van der Waals surface area contributed by atoms with Crippen LogP contribution in [0.25, 0.3) is 0 Å². The molecule has 1 N–H and O–H groups in total. The van der Waals surface area contributed by atoms with E-state index < -0.39 is 10.0 Å². The van der Waals surface area contributed by atoms with Crippen molar-refractivity contribution in [3.63, 3.8) is 0 Å². The second-order valence-electron chi connectivity index (χ2n) is 3.83. The lowest BCUT2D eigenvalue weighted by molar-refractivity contribution is 0.600. The minimum Gasteiger partial charge on any atom is -0.261 e. The molecule has 5 nitrogen and oxygen atoms in total. The molecule has 0 atom stereocenters. The highest BCUT2D eigenvalue weighted by molar-refractivity contribution is 9.11. The van der Waals surface area contributed by atoms with E-state index in [0.29, 0.717) is 8.95 Å².